The summed E-state index contributed by atoms with van der Waals surface area (Å²) in [6.45, 7) is 6.33. The van der Waals surface area contributed by atoms with E-state index in [1.165, 1.54) is 6.42 Å². The van der Waals surface area contributed by atoms with Crippen molar-refractivity contribution in [3.05, 3.63) is 18.5 Å². The highest BCUT2D eigenvalue weighted by atomic mass is 16.2. The lowest BCUT2D eigenvalue weighted by molar-refractivity contribution is -0.132. The summed E-state index contributed by atoms with van der Waals surface area (Å²) in [4.78, 5) is 18.4. The minimum atomic E-state index is 0.239. The van der Waals surface area contributed by atoms with Gasteiger partial charge in [-0.1, -0.05) is 6.92 Å². The van der Waals surface area contributed by atoms with E-state index in [1.54, 1.807) is 13.2 Å². The van der Waals surface area contributed by atoms with E-state index < -0.39 is 0 Å². The molecule has 7 nitrogen and oxygen atoms in total. The van der Waals surface area contributed by atoms with Crippen LogP contribution in [0.25, 0.3) is 0 Å². The molecule has 134 valence electrons. The summed E-state index contributed by atoms with van der Waals surface area (Å²) in [7, 11) is 1.75. The van der Waals surface area contributed by atoms with Gasteiger partial charge >= 0.3 is 0 Å². The monoisotopic (exact) mass is 334 g/mol. The van der Waals surface area contributed by atoms with E-state index in [-0.39, 0.29) is 5.91 Å². The van der Waals surface area contributed by atoms with Crippen molar-refractivity contribution in [1.29, 1.82) is 0 Å². The van der Waals surface area contributed by atoms with E-state index in [2.05, 4.69) is 27.6 Å². The first-order valence-corrected chi connectivity index (χ1v) is 8.88. The number of aromatic nitrogens is 2. The summed E-state index contributed by atoms with van der Waals surface area (Å²) in [5, 5.41) is 10.7. The second kappa shape index (κ2) is 9.95. The molecule has 1 amide bonds. The lowest BCUT2D eigenvalue weighted by atomic mass is 10.00. The van der Waals surface area contributed by atoms with Crippen LogP contribution in [0.3, 0.4) is 0 Å². The number of hydrogen-bond donors (Lipinski definition) is 2. The number of amides is 1. The number of piperidine rings is 1. The molecule has 0 bridgehead atoms. The van der Waals surface area contributed by atoms with E-state index in [1.807, 2.05) is 21.8 Å². The zero-order chi connectivity index (χ0) is 17.2. The van der Waals surface area contributed by atoms with E-state index in [4.69, 9.17) is 0 Å². The molecule has 24 heavy (non-hydrogen) atoms. The Balaban J connectivity index is 1.58. The smallest absolute Gasteiger partial charge is 0.224 e. The Morgan fingerprint density at radius 1 is 1.38 bits per heavy atom. The molecule has 1 saturated heterocycles. The molecule has 0 radical (unpaired) electrons. The molecule has 2 N–H and O–H groups in total. The van der Waals surface area contributed by atoms with Crippen molar-refractivity contribution in [3.63, 3.8) is 0 Å². The van der Waals surface area contributed by atoms with Gasteiger partial charge in [0, 0.05) is 58.6 Å². The third kappa shape index (κ3) is 6.22. The van der Waals surface area contributed by atoms with Gasteiger partial charge in [-0.15, -0.1) is 0 Å². The number of carbonyl (C=O) groups is 1. The minimum Gasteiger partial charge on any atom is -0.356 e. The largest absolute Gasteiger partial charge is 0.356 e. The van der Waals surface area contributed by atoms with Crippen molar-refractivity contribution in [1.82, 2.24) is 25.3 Å². The molecule has 1 aromatic rings. The highest BCUT2D eigenvalue weighted by Gasteiger charge is 2.20. The zero-order valence-corrected chi connectivity index (χ0v) is 14.9. The number of nitrogens with zero attached hydrogens (tertiary/aromatic N) is 4. The van der Waals surface area contributed by atoms with Crippen LogP contribution < -0.4 is 10.6 Å². The van der Waals surface area contributed by atoms with Crippen molar-refractivity contribution in [2.45, 2.75) is 39.2 Å². The van der Waals surface area contributed by atoms with Crippen LogP contribution in [0.1, 0.15) is 32.6 Å². The maximum Gasteiger partial charge on any atom is 0.224 e. The average Bonchev–Trinajstić information content (AvgIpc) is 3.10. The third-order valence-corrected chi connectivity index (χ3v) is 4.28. The number of rotatable bonds is 7. The van der Waals surface area contributed by atoms with Crippen molar-refractivity contribution >= 4 is 11.9 Å². The number of aliphatic imine (C=N–C) groups is 1. The fourth-order valence-corrected chi connectivity index (χ4v) is 2.96. The SMILES string of the molecule is CN=C(NCCCn1cccn1)NCCC(=O)N1CCCC(C)C1. The predicted octanol–water partition coefficient (Wildman–Crippen LogP) is 1.09. The number of nitrogens with one attached hydrogen (secondary N) is 2. The number of carbonyl (C=O) groups excluding carboxylic acids is 1. The molecule has 0 aliphatic carbocycles. The van der Waals surface area contributed by atoms with Gasteiger partial charge in [0.25, 0.3) is 0 Å². The molecule has 0 aromatic carbocycles. The van der Waals surface area contributed by atoms with Gasteiger partial charge in [0.15, 0.2) is 5.96 Å². The lowest BCUT2D eigenvalue weighted by Gasteiger charge is -2.31. The van der Waals surface area contributed by atoms with Gasteiger partial charge in [0.05, 0.1) is 0 Å². The van der Waals surface area contributed by atoms with Crippen LogP contribution in [-0.4, -0.2) is 59.8 Å². The molecule has 1 aliphatic heterocycles. The molecule has 0 saturated carbocycles. The Hall–Kier alpha value is -2.05. The molecule has 7 heteroatoms. The maximum atomic E-state index is 12.2. The zero-order valence-electron chi connectivity index (χ0n) is 14.9. The second-order valence-electron chi connectivity index (χ2n) is 6.39. The van der Waals surface area contributed by atoms with Gasteiger partial charge in [-0.05, 0) is 31.2 Å². The molecule has 1 fully saturated rings. The lowest BCUT2D eigenvalue weighted by Crippen LogP contribution is -2.42. The summed E-state index contributed by atoms with van der Waals surface area (Å²) in [6.07, 6.45) is 7.58. The molecule has 2 heterocycles. The van der Waals surface area contributed by atoms with E-state index in [0.717, 1.165) is 45.0 Å². The molecule has 1 aromatic heterocycles. The molecule has 1 unspecified atom stereocenters. The van der Waals surface area contributed by atoms with Crippen molar-refractivity contribution in [3.8, 4) is 0 Å². The standard InChI is InChI=1S/C17H30N6O/c1-15-6-3-11-22(14-15)16(24)7-10-20-17(18-2)19-8-4-12-23-13-5-9-21-23/h5,9,13,15H,3-4,6-8,10-12,14H2,1-2H3,(H2,18,19,20). The van der Waals surface area contributed by atoms with Crippen LogP contribution in [0, 0.1) is 5.92 Å². The van der Waals surface area contributed by atoms with Crippen LogP contribution in [0.15, 0.2) is 23.5 Å². The first-order valence-electron chi connectivity index (χ1n) is 8.88. The summed E-state index contributed by atoms with van der Waals surface area (Å²) in [5.41, 5.74) is 0. The van der Waals surface area contributed by atoms with E-state index in [9.17, 15) is 4.79 Å². The minimum absolute atomic E-state index is 0.239. The number of hydrogen-bond acceptors (Lipinski definition) is 3. The summed E-state index contributed by atoms with van der Waals surface area (Å²) in [5.74, 6) is 1.61. The fraction of sp³-hybridized carbons (Fsp3) is 0.706. The normalized spacial score (nSPS) is 18.5. The second-order valence-corrected chi connectivity index (χ2v) is 6.39. The molecule has 0 spiro atoms. The molecule has 1 aliphatic rings. The number of likely N-dealkylation sites (tertiary alicyclic amines) is 1. The van der Waals surface area contributed by atoms with Gasteiger partial charge in [0.1, 0.15) is 0 Å². The summed E-state index contributed by atoms with van der Waals surface area (Å²) in [6, 6.07) is 1.92. The Morgan fingerprint density at radius 2 is 2.21 bits per heavy atom. The van der Waals surface area contributed by atoms with Crippen LogP contribution in [0.5, 0.6) is 0 Å². The molecule has 2 rings (SSSR count). The van der Waals surface area contributed by atoms with Crippen LogP contribution in [0.2, 0.25) is 0 Å². The predicted molar refractivity (Wildman–Crippen MR) is 95.8 cm³/mol. The number of aryl methyl sites for hydroxylation is 1. The first kappa shape index (κ1) is 18.3. The van der Waals surface area contributed by atoms with Crippen LogP contribution in [0.4, 0.5) is 0 Å². The molecular weight excluding hydrogens is 304 g/mol. The topological polar surface area (TPSA) is 74.5 Å². The van der Waals surface area contributed by atoms with Gasteiger partial charge < -0.3 is 15.5 Å². The molecular formula is C17H30N6O. The Labute approximate surface area is 144 Å². The molecule has 1 atom stereocenters. The van der Waals surface area contributed by atoms with E-state index in [0.29, 0.717) is 18.9 Å². The number of guanidine groups is 1. The maximum absolute atomic E-state index is 12.2. The highest BCUT2D eigenvalue weighted by molar-refractivity contribution is 5.81. The van der Waals surface area contributed by atoms with E-state index >= 15 is 0 Å². The van der Waals surface area contributed by atoms with Gasteiger partial charge in [-0.25, -0.2) is 0 Å². The summed E-state index contributed by atoms with van der Waals surface area (Å²) < 4.78 is 1.91. The Kier molecular flexibility index (Phi) is 7.58. The van der Waals surface area contributed by atoms with Crippen molar-refractivity contribution in [2.75, 3.05) is 33.2 Å². The Morgan fingerprint density at radius 3 is 2.92 bits per heavy atom. The van der Waals surface area contributed by atoms with Crippen molar-refractivity contribution in [2.24, 2.45) is 10.9 Å². The quantitative estimate of drug-likeness (QED) is 0.445. The summed E-state index contributed by atoms with van der Waals surface area (Å²) >= 11 is 0. The van der Waals surface area contributed by atoms with Gasteiger partial charge in [0.2, 0.25) is 5.91 Å². The van der Waals surface area contributed by atoms with Crippen molar-refractivity contribution < 1.29 is 4.79 Å². The van der Waals surface area contributed by atoms with Gasteiger partial charge in [-0.3, -0.25) is 14.5 Å². The average molecular weight is 334 g/mol. The first-order chi connectivity index (χ1) is 11.7. The van der Waals surface area contributed by atoms with Crippen LogP contribution >= 0.6 is 0 Å². The fourth-order valence-electron chi connectivity index (χ4n) is 2.96. The van der Waals surface area contributed by atoms with Crippen LogP contribution in [-0.2, 0) is 11.3 Å². The Bertz CT molecular complexity index is 513. The van der Waals surface area contributed by atoms with Gasteiger partial charge in [-0.2, -0.15) is 5.10 Å². The third-order valence-electron chi connectivity index (χ3n) is 4.28. The highest BCUT2D eigenvalue weighted by Crippen LogP contribution is 2.15.